The van der Waals surface area contributed by atoms with E-state index in [1.165, 1.54) is 16.4 Å². The molecular formula is C18H19N3O5S. The van der Waals surface area contributed by atoms with Gasteiger partial charge in [-0.15, -0.1) is 0 Å². The maximum atomic E-state index is 12.6. The largest absolute Gasteiger partial charge is 0.438 e. The molecule has 1 amide bonds. The van der Waals surface area contributed by atoms with Crippen LogP contribution >= 0.6 is 0 Å². The number of hydrogen-bond acceptors (Lipinski definition) is 5. The number of carbonyl (C=O) groups excluding carboxylic acids is 1. The van der Waals surface area contributed by atoms with Crippen LogP contribution in [0.15, 0.2) is 45.9 Å². The van der Waals surface area contributed by atoms with Crippen LogP contribution in [0.25, 0.3) is 10.9 Å². The highest BCUT2D eigenvalue weighted by atomic mass is 32.2. The molecule has 1 saturated heterocycles. The number of ether oxygens (including phenoxy) is 1. The van der Waals surface area contributed by atoms with Crippen LogP contribution in [0.2, 0.25) is 0 Å². The van der Waals surface area contributed by atoms with Gasteiger partial charge < -0.3 is 19.5 Å². The Bertz CT molecular complexity index is 1090. The normalized spacial score (nSPS) is 15.9. The van der Waals surface area contributed by atoms with Crippen LogP contribution in [0.1, 0.15) is 16.2 Å². The highest BCUT2D eigenvalue weighted by Gasteiger charge is 2.30. The highest BCUT2D eigenvalue weighted by molar-refractivity contribution is 7.89. The molecule has 0 saturated carbocycles. The van der Waals surface area contributed by atoms with Gasteiger partial charge in [-0.25, -0.2) is 8.42 Å². The standard InChI is InChI=1S/C18H19N3O5S/c1-12-11-13-3-2-4-14(17(13)19-12)20-18(22)15-5-6-16(26-15)27(23,24)21-7-9-25-10-8-21/h2-6,11,19H,7-10H2,1H3,(H,20,22). The summed E-state index contributed by atoms with van der Waals surface area (Å²) in [5.74, 6) is -0.583. The minimum atomic E-state index is -3.78. The number of aromatic amines is 1. The number of hydrogen-bond donors (Lipinski definition) is 2. The molecule has 1 aromatic carbocycles. The quantitative estimate of drug-likeness (QED) is 0.713. The molecule has 2 N–H and O–H groups in total. The summed E-state index contributed by atoms with van der Waals surface area (Å²) >= 11 is 0. The van der Waals surface area contributed by atoms with Gasteiger partial charge in [0.1, 0.15) is 0 Å². The number of sulfonamides is 1. The molecule has 1 aliphatic heterocycles. The Morgan fingerprint density at radius 3 is 2.74 bits per heavy atom. The minimum absolute atomic E-state index is 0.0675. The summed E-state index contributed by atoms with van der Waals surface area (Å²) in [7, 11) is -3.78. The maximum Gasteiger partial charge on any atom is 0.291 e. The zero-order chi connectivity index (χ0) is 19.0. The Morgan fingerprint density at radius 1 is 1.19 bits per heavy atom. The fourth-order valence-corrected chi connectivity index (χ4v) is 4.40. The number of morpholine rings is 1. The molecule has 2 aromatic heterocycles. The molecule has 0 unspecified atom stereocenters. The Balaban J connectivity index is 1.56. The molecule has 0 aliphatic carbocycles. The summed E-state index contributed by atoms with van der Waals surface area (Å²) in [6.45, 7) is 3.14. The zero-order valence-corrected chi connectivity index (χ0v) is 15.5. The molecule has 3 heterocycles. The van der Waals surface area contributed by atoms with Crippen LogP contribution in [0.4, 0.5) is 5.69 Å². The van der Waals surface area contributed by atoms with E-state index in [2.05, 4.69) is 10.3 Å². The summed E-state index contributed by atoms with van der Waals surface area (Å²) in [6.07, 6.45) is 0. The second-order valence-corrected chi connectivity index (χ2v) is 8.18. The maximum absolute atomic E-state index is 12.6. The predicted octanol–water partition coefficient (Wildman–Crippen LogP) is 2.34. The molecule has 0 atom stereocenters. The number of anilines is 1. The van der Waals surface area contributed by atoms with Crippen molar-refractivity contribution >= 4 is 32.5 Å². The molecule has 0 radical (unpaired) electrons. The lowest BCUT2D eigenvalue weighted by Gasteiger charge is -2.24. The molecule has 1 aliphatic rings. The van der Waals surface area contributed by atoms with Gasteiger partial charge in [-0.3, -0.25) is 4.79 Å². The summed E-state index contributed by atoms with van der Waals surface area (Å²) in [6, 6.07) is 10.2. The van der Waals surface area contributed by atoms with Crippen LogP contribution in [0.3, 0.4) is 0 Å². The lowest BCUT2D eigenvalue weighted by Crippen LogP contribution is -2.40. The van der Waals surface area contributed by atoms with Crippen molar-refractivity contribution in [2.24, 2.45) is 0 Å². The van der Waals surface area contributed by atoms with Gasteiger partial charge in [0.15, 0.2) is 5.76 Å². The van der Waals surface area contributed by atoms with Gasteiger partial charge >= 0.3 is 0 Å². The van der Waals surface area contributed by atoms with E-state index in [4.69, 9.17) is 9.15 Å². The second-order valence-electron chi connectivity index (χ2n) is 6.31. The van der Waals surface area contributed by atoms with Crippen molar-refractivity contribution in [2.75, 3.05) is 31.6 Å². The smallest absolute Gasteiger partial charge is 0.291 e. The number of aryl methyl sites for hydroxylation is 1. The van der Waals surface area contributed by atoms with Crippen molar-refractivity contribution in [3.8, 4) is 0 Å². The summed E-state index contributed by atoms with van der Waals surface area (Å²) in [5.41, 5.74) is 2.37. The molecule has 9 heteroatoms. The molecule has 4 rings (SSSR count). The van der Waals surface area contributed by atoms with E-state index in [9.17, 15) is 13.2 Å². The third-order valence-corrected chi connectivity index (χ3v) is 6.18. The van der Waals surface area contributed by atoms with Crippen LogP contribution in [0, 0.1) is 6.92 Å². The fourth-order valence-electron chi connectivity index (χ4n) is 3.08. The zero-order valence-electron chi connectivity index (χ0n) is 14.7. The first kappa shape index (κ1) is 17.8. The van der Waals surface area contributed by atoms with Gasteiger partial charge in [0.25, 0.3) is 15.9 Å². The number of para-hydroxylation sites is 1. The lowest BCUT2D eigenvalue weighted by atomic mass is 10.2. The van der Waals surface area contributed by atoms with Crippen molar-refractivity contribution < 1.29 is 22.4 Å². The number of H-pyrrole nitrogens is 1. The third-order valence-electron chi connectivity index (χ3n) is 4.41. The number of amides is 1. The van der Waals surface area contributed by atoms with E-state index in [1.807, 2.05) is 25.1 Å². The first-order valence-electron chi connectivity index (χ1n) is 8.52. The summed E-state index contributed by atoms with van der Waals surface area (Å²) in [4.78, 5) is 15.7. The molecule has 8 nitrogen and oxygen atoms in total. The van der Waals surface area contributed by atoms with Crippen LogP contribution in [-0.2, 0) is 14.8 Å². The molecule has 0 bridgehead atoms. The Hall–Kier alpha value is -2.62. The lowest BCUT2D eigenvalue weighted by molar-refractivity contribution is 0.0723. The van der Waals surface area contributed by atoms with E-state index in [1.54, 1.807) is 6.07 Å². The molecule has 1 fully saturated rings. The van der Waals surface area contributed by atoms with Crippen molar-refractivity contribution in [3.63, 3.8) is 0 Å². The first-order chi connectivity index (χ1) is 12.9. The minimum Gasteiger partial charge on any atom is -0.438 e. The van der Waals surface area contributed by atoms with Crippen LogP contribution < -0.4 is 5.32 Å². The topological polar surface area (TPSA) is 105 Å². The van der Waals surface area contributed by atoms with E-state index in [0.29, 0.717) is 18.9 Å². The first-order valence-corrected chi connectivity index (χ1v) is 9.96. The van der Waals surface area contributed by atoms with Gasteiger partial charge in [-0.1, -0.05) is 12.1 Å². The summed E-state index contributed by atoms with van der Waals surface area (Å²) in [5, 5.41) is 3.49. The van der Waals surface area contributed by atoms with E-state index in [0.717, 1.165) is 16.6 Å². The van der Waals surface area contributed by atoms with Gasteiger partial charge in [-0.05, 0) is 31.2 Å². The number of nitrogens with zero attached hydrogens (tertiary/aromatic N) is 1. The molecular weight excluding hydrogens is 370 g/mol. The van der Waals surface area contributed by atoms with Crippen molar-refractivity contribution in [1.82, 2.24) is 9.29 Å². The number of rotatable bonds is 4. The molecule has 27 heavy (non-hydrogen) atoms. The Labute approximate surface area is 156 Å². The number of aromatic nitrogens is 1. The van der Waals surface area contributed by atoms with Gasteiger partial charge in [-0.2, -0.15) is 4.31 Å². The second kappa shape index (κ2) is 6.84. The van der Waals surface area contributed by atoms with E-state index >= 15 is 0 Å². The number of nitrogens with one attached hydrogen (secondary N) is 2. The average molecular weight is 389 g/mol. The average Bonchev–Trinajstić information content (AvgIpc) is 3.29. The molecule has 0 spiro atoms. The number of carbonyl (C=O) groups is 1. The van der Waals surface area contributed by atoms with Gasteiger partial charge in [0.05, 0.1) is 24.4 Å². The highest BCUT2D eigenvalue weighted by Crippen LogP contribution is 2.25. The summed E-state index contributed by atoms with van der Waals surface area (Å²) < 4.78 is 37.0. The van der Waals surface area contributed by atoms with Crippen LogP contribution in [-0.4, -0.2) is 49.9 Å². The number of fused-ring (bicyclic) bond motifs is 1. The predicted molar refractivity (Wildman–Crippen MR) is 99.3 cm³/mol. The van der Waals surface area contributed by atoms with Crippen molar-refractivity contribution in [3.05, 3.63) is 47.9 Å². The van der Waals surface area contributed by atoms with Crippen molar-refractivity contribution in [1.29, 1.82) is 0 Å². The van der Waals surface area contributed by atoms with Crippen molar-refractivity contribution in [2.45, 2.75) is 12.0 Å². The fraction of sp³-hybridized carbons (Fsp3) is 0.278. The number of furan rings is 1. The Morgan fingerprint density at radius 2 is 1.96 bits per heavy atom. The van der Waals surface area contributed by atoms with E-state index in [-0.39, 0.29) is 23.9 Å². The molecule has 142 valence electrons. The van der Waals surface area contributed by atoms with Gasteiger partial charge in [0, 0.05) is 24.2 Å². The monoisotopic (exact) mass is 389 g/mol. The molecule has 3 aromatic rings. The van der Waals surface area contributed by atoms with Crippen LogP contribution in [0.5, 0.6) is 0 Å². The Kier molecular flexibility index (Phi) is 4.50. The third kappa shape index (κ3) is 3.36. The van der Waals surface area contributed by atoms with Gasteiger partial charge in [0.2, 0.25) is 5.09 Å². The SMILES string of the molecule is Cc1cc2cccc(NC(=O)c3ccc(S(=O)(=O)N4CCOCC4)o3)c2[nH]1. The number of benzene rings is 1. The van der Waals surface area contributed by atoms with E-state index < -0.39 is 15.9 Å².